The third-order valence-corrected chi connectivity index (χ3v) is 5.44. The van der Waals surface area contributed by atoms with Gasteiger partial charge in [-0.3, -0.25) is 0 Å². The van der Waals surface area contributed by atoms with Crippen molar-refractivity contribution in [1.82, 2.24) is 5.32 Å². The van der Waals surface area contributed by atoms with Gasteiger partial charge in [0.25, 0.3) is 0 Å². The average molecular weight is 457 g/mol. The van der Waals surface area contributed by atoms with Gasteiger partial charge in [-0.2, -0.15) is 5.26 Å². The second-order valence-corrected chi connectivity index (χ2v) is 8.01. The molecule has 6 nitrogen and oxygen atoms in total. The Bertz CT molecular complexity index is 1190. The summed E-state index contributed by atoms with van der Waals surface area (Å²) >= 11 is 0. The van der Waals surface area contributed by atoms with Gasteiger partial charge in [-0.05, 0) is 38.0 Å². The number of ether oxygens (including phenoxy) is 2. The number of nitrogens with one attached hydrogen (secondary N) is 1. The molecular weight excluding hydrogens is 428 g/mol. The smallest absolute Gasteiger partial charge is 0.337 e. The van der Waals surface area contributed by atoms with E-state index in [0.717, 1.165) is 16.7 Å². The zero-order valence-corrected chi connectivity index (χ0v) is 19.6. The second kappa shape index (κ2) is 11.7. The lowest BCUT2D eigenvalue weighted by Gasteiger charge is -2.30. The quantitative estimate of drug-likeness (QED) is 0.447. The van der Waals surface area contributed by atoms with Crippen LogP contribution in [0, 0.1) is 18.3 Å². The summed E-state index contributed by atoms with van der Waals surface area (Å²) in [6, 6.07) is 19.4. The van der Waals surface area contributed by atoms with Crippen molar-refractivity contribution in [1.29, 1.82) is 5.26 Å². The number of hydrogen-bond donors (Lipinski definition) is 1. The Morgan fingerprint density at radius 3 is 2.29 bits per heavy atom. The van der Waals surface area contributed by atoms with Gasteiger partial charge in [-0.1, -0.05) is 66.2 Å². The van der Waals surface area contributed by atoms with Crippen molar-refractivity contribution in [2.24, 2.45) is 0 Å². The van der Waals surface area contributed by atoms with Crippen LogP contribution < -0.4 is 5.32 Å². The molecule has 1 aliphatic heterocycles. The van der Waals surface area contributed by atoms with Crippen LogP contribution >= 0.6 is 0 Å². The highest BCUT2D eigenvalue weighted by Crippen LogP contribution is 2.39. The molecule has 2 aromatic rings. The molecule has 2 aromatic carbocycles. The SMILES string of the molecule is CC1=C(C(=O)OCC=Cc2ccccc2)C(c2cccc(C)c2)C(C(=O)OCCC#N)=C(C)N1. The number of rotatable bonds is 8. The molecule has 0 saturated heterocycles. The van der Waals surface area contributed by atoms with Gasteiger partial charge in [0.2, 0.25) is 0 Å². The monoisotopic (exact) mass is 456 g/mol. The van der Waals surface area contributed by atoms with Crippen molar-refractivity contribution < 1.29 is 19.1 Å². The topological polar surface area (TPSA) is 88.4 Å². The lowest BCUT2D eigenvalue weighted by Crippen LogP contribution is -2.32. The van der Waals surface area contributed by atoms with Crippen molar-refractivity contribution >= 4 is 18.0 Å². The molecular formula is C28H28N2O4. The fourth-order valence-corrected chi connectivity index (χ4v) is 3.94. The summed E-state index contributed by atoms with van der Waals surface area (Å²) in [5, 5.41) is 11.9. The fraction of sp³-hybridized carbons (Fsp3) is 0.250. The van der Waals surface area contributed by atoms with Crippen LogP contribution in [0.25, 0.3) is 6.08 Å². The van der Waals surface area contributed by atoms with Gasteiger partial charge in [0.15, 0.2) is 0 Å². The normalized spacial score (nSPS) is 15.6. The van der Waals surface area contributed by atoms with E-state index in [1.807, 2.05) is 73.7 Å². The summed E-state index contributed by atoms with van der Waals surface area (Å²) in [5.74, 6) is -1.72. The Balaban J connectivity index is 1.89. The third-order valence-electron chi connectivity index (χ3n) is 5.44. The van der Waals surface area contributed by atoms with Gasteiger partial charge >= 0.3 is 11.9 Å². The van der Waals surface area contributed by atoms with Gasteiger partial charge in [0.05, 0.1) is 29.6 Å². The Morgan fingerprint density at radius 1 is 0.971 bits per heavy atom. The molecule has 0 bridgehead atoms. The Hall–Kier alpha value is -4.11. The molecule has 1 atom stereocenters. The summed E-state index contributed by atoms with van der Waals surface area (Å²) in [7, 11) is 0. The molecule has 1 aliphatic rings. The molecule has 0 fully saturated rings. The zero-order valence-electron chi connectivity index (χ0n) is 19.6. The van der Waals surface area contributed by atoms with Crippen LogP contribution in [-0.4, -0.2) is 25.2 Å². The second-order valence-electron chi connectivity index (χ2n) is 8.01. The van der Waals surface area contributed by atoms with Crippen LogP contribution in [0.4, 0.5) is 0 Å². The van der Waals surface area contributed by atoms with Crippen molar-refractivity contribution in [2.75, 3.05) is 13.2 Å². The van der Waals surface area contributed by atoms with E-state index in [0.29, 0.717) is 22.5 Å². The van der Waals surface area contributed by atoms with Gasteiger partial charge < -0.3 is 14.8 Å². The first-order chi connectivity index (χ1) is 16.4. The number of carbonyl (C=O) groups excluding carboxylic acids is 2. The van der Waals surface area contributed by atoms with Crippen LogP contribution in [0.1, 0.15) is 42.9 Å². The standard InChI is InChI=1S/C28H28N2O4/c1-19-10-7-14-23(18-19)26-24(27(31)33-16-8-13-22-11-5-4-6-12-22)20(2)30-21(3)25(26)28(32)34-17-9-15-29/h4-8,10-14,18,26,30H,9,16-17H2,1-3H3. The maximum atomic E-state index is 13.3. The van der Waals surface area contributed by atoms with Crippen LogP contribution in [-0.2, 0) is 19.1 Å². The molecule has 0 amide bonds. The number of nitrogens with zero attached hydrogens (tertiary/aromatic N) is 1. The molecule has 0 spiro atoms. The number of allylic oxidation sites excluding steroid dienone is 2. The number of nitriles is 1. The lowest BCUT2D eigenvalue weighted by atomic mass is 9.80. The minimum atomic E-state index is -0.652. The lowest BCUT2D eigenvalue weighted by molar-refractivity contribution is -0.139. The molecule has 0 aromatic heterocycles. The zero-order chi connectivity index (χ0) is 24.5. The Labute approximate surface area is 200 Å². The number of dihydropyridines is 1. The summed E-state index contributed by atoms with van der Waals surface area (Å²) in [6.07, 6.45) is 3.76. The van der Waals surface area contributed by atoms with Crippen LogP contribution in [0.5, 0.6) is 0 Å². The Kier molecular flexibility index (Phi) is 8.42. The van der Waals surface area contributed by atoms with E-state index in [2.05, 4.69) is 5.32 Å². The van der Waals surface area contributed by atoms with E-state index in [1.165, 1.54) is 0 Å². The first-order valence-corrected chi connectivity index (χ1v) is 11.1. The molecule has 1 N–H and O–H groups in total. The summed E-state index contributed by atoms with van der Waals surface area (Å²) < 4.78 is 10.9. The molecule has 0 saturated carbocycles. The highest BCUT2D eigenvalue weighted by atomic mass is 16.5. The van der Waals surface area contributed by atoms with Crippen molar-refractivity contribution in [3.63, 3.8) is 0 Å². The number of carbonyl (C=O) groups is 2. The fourth-order valence-electron chi connectivity index (χ4n) is 3.94. The number of aryl methyl sites for hydroxylation is 1. The van der Waals surface area contributed by atoms with Crippen LogP contribution in [0.2, 0.25) is 0 Å². The first kappa shape index (κ1) is 24.5. The Morgan fingerprint density at radius 2 is 1.65 bits per heavy atom. The molecule has 6 heteroatoms. The maximum absolute atomic E-state index is 13.3. The maximum Gasteiger partial charge on any atom is 0.337 e. The van der Waals surface area contributed by atoms with Gasteiger partial charge in [0.1, 0.15) is 13.2 Å². The average Bonchev–Trinajstić information content (AvgIpc) is 2.82. The van der Waals surface area contributed by atoms with E-state index < -0.39 is 17.9 Å². The van der Waals surface area contributed by atoms with Gasteiger partial charge in [-0.25, -0.2) is 9.59 Å². The number of esters is 2. The summed E-state index contributed by atoms with van der Waals surface area (Å²) in [6.45, 7) is 5.60. The molecule has 0 aliphatic carbocycles. The molecule has 1 heterocycles. The first-order valence-electron chi connectivity index (χ1n) is 11.1. The van der Waals surface area contributed by atoms with Gasteiger partial charge in [0, 0.05) is 11.4 Å². The van der Waals surface area contributed by atoms with Gasteiger partial charge in [-0.15, -0.1) is 0 Å². The highest BCUT2D eigenvalue weighted by molar-refractivity contribution is 6.00. The number of hydrogen-bond acceptors (Lipinski definition) is 6. The molecule has 3 rings (SSSR count). The van der Waals surface area contributed by atoms with E-state index in [1.54, 1.807) is 19.9 Å². The molecule has 34 heavy (non-hydrogen) atoms. The predicted molar refractivity (Wildman–Crippen MR) is 130 cm³/mol. The molecule has 0 radical (unpaired) electrons. The minimum Gasteiger partial charge on any atom is -0.461 e. The summed E-state index contributed by atoms with van der Waals surface area (Å²) in [4.78, 5) is 26.3. The molecule has 174 valence electrons. The largest absolute Gasteiger partial charge is 0.461 e. The minimum absolute atomic E-state index is 0.0145. The van der Waals surface area contributed by atoms with E-state index in [9.17, 15) is 9.59 Å². The van der Waals surface area contributed by atoms with E-state index in [4.69, 9.17) is 14.7 Å². The highest BCUT2D eigenvalue weighted by Gasteiger charge is 2.38. The summed E-state index contributed by atoms with van der Waals surface area (Å²) in [5.41, 5.74) is 4.71. The van der Waals surface area contributed by atoms with Crippen molar-refractivity contribution in [3.05, 3.63) is 99.9 Å². The van der Waals surface area contributed by atoms with Crippen LogP contribution in [0.15, 0.2) is 83.2 Å². The van der Waals surface area contributed by atoms with E-state index in [-0.39, 0.29) is 19.6 Å². The predicted octanol–water partition coefficient (Wildman–Crippen LogP) is 4.94. The number of benzene rings is 2. The van der Waals surface area contributed by atoms with Crippen molar-refractivity contribution in [2.45, 2.75) is 33.1 Å². The molecule has 1 unspecified atom stereocenters. The van der Waals surface area contributed by atoms with Crippen molar-refractivity contribution in [3.8, 4) is 6.07 Å². The van der Waals surface area contributed by atoms with Crippen LogP contribution in [0.3, 0.4) is 0 Å². The third kappa shape index (κ3) is 6.02. The van der Waals surface area contributed by atoms with E-state index >= 15 is 0 Å².